The molecule has 0 bridgehead atoms. The fourth-order valence-electron chi connectivity index (χ4n) is 4.10. The molecule has 0 saturated heterocycles. The van der Waals surface area contributed by atoms with Crippen LogP contribution in [0.4, 0.5) is 17.5 Å². The van der Waals surface area contributed by atoms with Gasteiger partial charge in [-0.25, -0.2) is 4.98 Å². The normalized spacial score (nSPS) is 13.2. The Balaban J connectivity index is 1.65. The molecule has 0 N–H and O–H groups in total. The quantitative estimate of drug-likeness (QED) is 0.487. The van der Waals surface area contributed by atoms with Gasteiger partial charge in [0.2, 0.25) is 5.95 Å². The number of methoxy groups -OCH3 is 1. The highest BCUT2D eigenvalue weighted by atomic mass is 16.5. The van der Waals surface area contributed by atoms with Crippen molar-refractivity contribution in [2.24, 2.45) is 0 Å². The first kappa shape index (κ1) is 18.4. The maximum absolute atomic E-state index is 5.64. The van der Waals surface area contributed by atoms with E-state index in [1.165, 1.54) is 11.1 Å². The summed E-state index contributed by atoms with van der Waals surface area (Å²) in [5.74, 6) is 2.37. The van der Waals surface area contributed by atoms with Gasteiger partial charge in [0.1, 0.15) is 17.1 Å². The molecule has 0 spiro atoms. The van der Waals surface area contributed by atoms with Gasteiger partial charge in [0, 0.05) is 31.2 Å². The Kier molecular flexibility index (Phi) is 4.71. The van der Waals surface area contributed by atoms with Crippen LogP contribution in [0, 0.1) is 0 Å². The molecule has 30 heavy (non-hydrogen) atoms. The van der Waals surface area contributed by atoms with E-state index in [-0.39, 0.29) is 0 Å². The summed E-state index contributed by atoms with van der Waals surface area (Å²) in [6, 6.07) is 24.9. The highest BCUT2D eigenvalue weighted by Gasteiger charge is 2.22. The molecule has 3 aromatic carbocycles. The molecule has 0 unspecified atom stereocenters. The summed E-state index contributed by atoms with van der Waals surface area (Å²) >= 11 is 0. The Labute approximate surface area is 176 Å². The van der Waals surface area contributed by atoms with E-state index >= 15 is 0 Å². The fraction of sp³-hybridized carbons (Fsp3) is 0.200. The van der Waals surface area contributed by atoms with Gasteiger partial charge in [0.15, 0.2) is 0 Å². The van der Waals surface area contributed by atoms with E-state index in [1.807, 2.05) is 42.3 Å². The van der Waals surface area contributed by atoms with Crippen LogP contribution in [0.1, 0.15) is 11.1 Å². The van der Waals surface area contributed by atoms with Crippen molar-refractivity contribution in [3.05, 3.63) is 83.9 Å². The maximum atomic E-state index is 5.64. The minimum Gasteiger partial charge on any atom is -0.494 e. The van der Waals surface area contributed by atoms with Crippen LogP contribution >= 0.6 is 0 Å². The largest absolute Gasteiger partial charge is 0.494 e. The number of anilines is 3. The van der Waals surface area contributed by atoms with Gasteiger partial charge in [0.05, 0.1) is 7.11 Å². The molecule has 0 saturated carbocycles. The number of ether oxygens (including phenoxy) is 1. The summed E-state index contributed by atoms with van der Waals surface area (Å²) in [6.45, 7) is 1.77. The van der Waals surface area contributed by atoms with Crippen molar-refractivity contribution < 1.29 is 4.74 Å². The summed E-state index contributed by atoms with van der Waals surface area (Å²) in [7, 11) is 3.69. The lowest BCUT2D eigenvalue weighted by Gasteiger charge is -2.31. The number of benzene rings is 3. The average molecular weight is 396 g/mol. The summed E-state index contributed by atoms with van der Waals surface area (Å²) in [6.07, 6.45) is 1.01. The lowest BCUT2D eigenvalue weighted by atomic mass is 9.99. The number of fused-ring (bicyclic) bond motifs is 2. The number of hydrogen-bond donors (Lipinski definition) is 0. The molecule has 5 heteroatoms. The zero-order valence-electron chi connectivity index (χ0n) is 17.2. The molecule has 5 nitrogen and oxygen atoms in total. The summed E-state index contributed by atoms with van der Waals surface area (Å²) in [5, 5.41) is 1.01. The SMILES string of the molecule is COc1cccc2c(N3CCc4ccccc4C3)nc(N(C)c3ccccc3)nc12. The van der Waals surface area contributed by atoms with E-state index in [2.05, 4.69) is 47.4 Å². The molecule has 4 aromatic rings. The number of aromatic nitrogens is 2. The zero-order chi connectivity index (χ0) is 20.5. The third kappa shape index (κ3) is 3.22. The van der Waals surface area contributed by atoms with Crippen LogP contribution in [-0.4, -0.2) is 30.7 Å². The summed E-state index contributed by atoms with van der Waals surface area (Å²) in [4.78, 5) is 14.3. The average Bonchev–Trinajstić information content (AvgIpc) is 2.82. The number of rotatable bonds is 4. The first-order valence-corrected chi connectivity index (χ1v) is 10.2. The Morgan fingerprint density at radius 2 is 1.63 bits per heavy atom. The molecular weight excluding hydrogens is 372 g/mol. The second kappa shape index (κ2) is 7.67. The highest BCUT2D eigenvalue weighted by molar-refractivity contribution is 5.94. The van der Waals surface area contributed by atoms with Gasteiger partial charge in [-0.3, -0.25) is 0 Å². The van der Waals surface area contributed by atoms with E-state index < -0.39 is 0 Å². The van der Waals surface area contributed by atoms with Gasteiger partial charge in [-0.1, -0.05) is 48.5 Å². The molecule has 2 heterocycles. The minimum absolute atomic E-state index is 0.659. The van der Waals surface area contributed by atoms with Crippen molar-refractivity contribution >= 4 is 28.4 Å². The topological polar surface area (TPSA) is 41.5 Å². The highest BCUT2D eigenvalue weighted by Crippen LogP contribution is 2.35. The monoisotopic (exact) mass is 396 g/mol. The van der Waals surface area contributed by atoms with Crippen LogP contribution in [0.3, 0.4) is 0 Å². The van der Waals surface area contributed by atoms with E-state index in [4.69, 9.17) is 14.7 Å². The first-order chi connectivity index (χ1) is 14.7. The molecule has 1 aliphatic rings. The Bertz CT molecular complexity index is 1190. The molecule has 150 valence electrons. The van der Waals surface area contributed by atoms with Gasteiger partial charge in [-0.2, -0.15) is 4.98 Å². The molecule has 0 amide bonds. The lowest BCUT2D eigenvalue weighted by molar-refractivity contribution is 0.419. The van der Waals surface area contributed by atoms with Gasteiger partial charge >= 0.3 is 0 Å². The minimum atomic E-state index is 0.659. The van der Waals surface area contributed by atoms with Crippen LogP contribution in [0.2, 0.25) is 0 Å². The van der Waals surface area contributed by atoms with Gasteiger partial charge in [0.25, 0.3) is 0 Å². The van der Waals surface area contributed by atoms with Crippen LogP contribution in [-0.2, 0) is 13.0 Å². The lowest BCUT2D eigenvalue weighted by Crippen LogP contribution is -2.31. The predicted molar refractivity (Wildman–Crippen MR) is 122 cm³/mol. The second-order valence-electron chi connectivity index (χ2n) is 7.54. The molecule has 0 fully saturated rings. The molecule has 1 aliphatic heterocycles. The van der Waals surface area contributed by atoms with Gasteiger partial charge in [-0.15, -0.1) is 0 Å². The number of para-hydroxylation sites is 2. The van der Waals surface area contributed by atoms with Crippen LogP contribution in [0.15, 0.2) is 72.8 Å². The zero-order valence-corrected chi connectivity index (χ0v) is 17.2. The van der Waals surface area contributed by atoms with E-state index in [1.54, 1.807) is 7.11 Å². The molecular formula is C25H24N4O. The fourth-order valence-corrected chi connectivity index (χ4v) is 4.10. The van der Waals surface area contributed by atoms with Gasteiger partial charge in [-0.05, 0) is 41.8 Å². The smallest absolute Gasteiger partial charge is 0.232 e. The van der Waals surface area contributed by atoms with Crippen LogP contribution in [0.5, 0.6) is 5.75 Å². The van der Waals surface area contributed by atoms with Crippen molar-refractivity contribution in [2.75, 3.05) is 30.5 Å². The molecule has 0 radical (unpaired) electrons. The third-order valence-electron chi connectivity index (χ3n) is 5.75. The summed E-state index contributed by atoms with van der Waals surface area (Å²) < 4.78 is 5.64. The van der Waals surface area contributed by atoms with Crippen molar-refractivity contribution in [3.8, 4) is 5.75 Å². The third-order valence-corrected chi connectivity index (χ3v) is 5.75. The Hall–Kier alpha value is -3.60. The number of nitrogens with zero attached hydrogens (tertiary/aromatic N) is 4. The first-order valence-electron chi connectivity index (χ1n) is 10.2. The molecule has 1 aromatic heterocycles. The predicted octanol–water partition coefficient (Wildman–Crippen LogP) is 4.97. The van der Waals surface area contributed by atoms with Crippen molar-refractivity contribution in [1.82, 2.24) is 9.97 Å². The second-order valence-corrected chi connectivity index (χ2v) is 7.54. The van der Waals surface area contributed by atoms with Crippen LogP contribution in [0.25, 0.3) is 10.9 Å². The Morgan fingerprint density at radius 1 is 0.867 bits per heavy atom. The van der Waals surface area contributed by atoms with Crippen molar-refractivity contribution in [1.29, 1.82) is 0 Å². The Morgan fingerprint density at radius 3 is 2.43 bits per heavy atom. The van der Waals surface area contributed by atoms with Crippen molar-refractivity contribution in [2.45, 2.75) is 13.0 Å². The van der Waals surface area contributed by atoms with E-state index in [0.717, 1.165) is 47.7 Å². The number of hydrogen-bond acceptors (Lipinski definition) is 5. The standard InChI is InChI=1S/C25H24N4O/c1-28(20-11-4-3-5-12-20)25-26-23-21(13-8-14-22(23)30-2)24(27-25)29-16-15-18-9-6-7-10-19(18)17-29/h3-14H,15-17H2,1-2H3. The summed E-state index contributed by atoms with van der Waals surface area (Å²) in [5.41, 5.74) is 4.66. The molecule has 0 aliphatic carbocycles. The molecule has 5 rings (SSSR count). The maximum Gasteiger partial charge on any atom is 0.232 e. The molecule has 0 atom stereocenters. The van der Waals surface area contributed by atoms with Crippen LogP contribution < -0.4 is 14.5 Å². The van der Waals surface area contributed by atoms with Crippen molar-refractivity contribution in [3.63, 3.8) is 0 Å². The van der Waals surface area contributed by atoms with E-state index in [0.29, 0.717) is 5.95 Å². The van der Waals surface area contributed by atoms with E-state index in [9.17, 15) is 0 Å². The van der Waals surface area contributed by atoms with Gasteiger partial charge < -0.3 is 14.5 Å².